The second-order valence-electron chi connectivity index (χ2n) is 7.42. The summed E-state index contributed by atoms with van der Waals surface area (Å²) in [6.45, 7) is 5.16. The third kappa shape index (κ3) is 4.35. The quantitative estimate of drug-likeness (QED) is 0.617. The number of benzene rings is 1. The number of hydrogen-bond acceptors (Lipinski definition) is 5. The van der Waals surface area contributed by atoms with E-state index in [-0.39, 0.29) is 11.9 Å². The molecule has 2 aromatic rings. The van der Waals surface area contributed by atoms with Gasteiger partial charge in [-0.3, -0.25) is 9.69 Å². The highest BCUT2D eigenvalue weighted by Crippen LogP contribution is 2.29. The van der Waals surface area contributed by atoms with Crippen LogP contribution in [0.3, 0.4) is 0 Å². The first-order valence-corrected chi connectivity index (χ1v) is 10.9. The summed E-state index contributed by atoms with van der Waals surface area (Å²) >= 11 is 1.62. The summed E-state index contributed by atoms with van der Waals surface area (Å²) in [5.41, 5.74) is 6.22. The normalized spacial score (nSPS) is 19.1. The molecule has 0 radical (unpaired) electrons. The zero-order valence-electron chi connectivity index (χ0n) is 16.3. The number of morpholine rings is 1. The lowest BCUT2D eigenvalue weighted by Crippen LogP contribution is -2.42. The first-order chi connectivity index (χ1) is 13.7. The first kappa shape index (κ1) is 19.3. The standard InChI is InChI=1S/C22H27N3O2S/c1-16(21(17-7-3-2-4-8-17)25-11-13-27-14-12-25)23-24-22(26)20-15-18-9-5-6-10-19(18)28-20/h2-4,7-8,15,21H,5-6,9-14H2,1H3,(H,24,26)/b23-16-/t21-/m1/s1. The fraction of sp³-hybridized carbons (Fsp3) is 0.455. The summed E-state index contributed by atoms with van der Waals surface area (Å²) < 4.78 is 5.51. The molecular weight excluding hydrogens is 370 g/mol. The van der Waals surface area contributed by atoms with Gasteiger partial charge in [-0.05, 0) is 49.8 Å². The van der Waals surface area contributed by atoms with Gasteiger partial charge in [0.05, 0.1) is 29.8 Å². The number of hydrogen-bond donors (Lipinski definition) is 1. The highest BCUT2D eigenvalue weighted by molar-refractivity contribution is 7.14. The molecule has 5 nitrogen and oxygen atoms in total. The van der Waals surface area contributed by atoms with Crippen LogP contribution in [-0.2, 0) is 17.6 Å². The maximum absolute atomic E-state index is 12.7. The third-order valence-corrected chi connectivity index (χ3v) is 6.71. The summed E-state index contributed by atoms with van der Waals surface area (Å²) in [6.07, 6.45) is 4.64. The average molecular weight is 398 g/mol. The molecule has 0 saturated carbocycles. The van der Waals surface area contributed by atoms with Crippen molar-refractivity contribution in [1.82, 2.24) is 10.3 Å². The molecule has 1 atom stereocenters. The van der Waals surface area contributed by atoms with Crippen LogP contribution in [0.4, 0.5) is 0 Å². The van der Waals surface area contributed by atoms with Crippen molar-refractivity contribution in [2.75, 3.05) is 26.3 Å². The number of carbonyl (C=O) groups is 1. The van der Waals surface area contributed by atoms with Crippen LogP contribution in [0.15, 0.2) is 41.5 Å². The van der Waals surface area contributed by atoms with Crippen LogP contribution in [0.2, 0.25) is 0 Å². The van der Waals surface area contributed by atoms with E-state index in [1.165, 1.54) is 28.8 Å². The lowest BCUT2D eigenvalue weighted by atomic mass is 9.99. The number of aryl methyl sites for hydroxylation is 2. The lowest BCUT2D eigenvalue weighted by molar-refractivity contribution is 0.0285. The van der Waals surface area contributed by atoms with E-state index in [1.54, 1.807) is 11.3 Å². The summed E-state index contributed by atoms with van der Waals surface area (Å²) in [6, 6.07) is 12.4. The van der Waals surface area contributed by atoms with Crippen LogP contribution < -0.4 is 5.43 Å². The van der Waals surface area contributed by atoms with E-state index in [4.69, 9.17) is 4.74 Å². The Morgan fingerprint density at radius 2 is 1.93 bits per heavy atom. The molecule has 1 fully saturated rings. The summed E-state index contributed by atoms with van der Waals surface area (Å²) in [4.78, 5) is 17.2. The summed E-state index contributed by atoms with van der Waals surface area (Å²) in [7, 11) is 0. The maximum atomic E-state index is 12.7. The molecule has 2 heterocycles. The Morgan fingerprint density at radius 1 is 1.18 bits per heavy atom. The minimum Gasteiger partial charge on any atom is -0.379 e. The van der Waals surface area contributed by atoms with Gasteiger partial charge in [-0.25, -0.2) is 5.43 Å². The largest absolute Gasteiger partial charge is 0.379 e. The molecule has 0 spiro atoms. The van der Waals surface area contributed by atoms with E-state index in [0.717, 1.165) is 49.7 Å². The molecule has 2 aliphatic rings. The van der Waals surface area contributed by atoms with Crippen molar-refractivity contribution in [3.05, 3.63) is 57.3 Å². The number of ether oxygens (including phenoxy) is 1. The number of fused-ring (bicyclic) bond motifs is 1. The molecular formula is C22H27N3O2S. The molecule has 1 aromatic heterocycles. The number of thiophene rings is 1. The molecule has 1 aliphatic carbocycles. The van der Waals surface area contributed by atoms with Gasteiger partial charge in [-0.1, -0.05) is 30.3 Å². The molecule has 148 valence electrons. The first-order valence-electron chi connectivity index (χ1n) is 10.1. The Kier molecular flexibility index (Phi) is 6.20. The number of rotatable bonds is 5. The van der Waals surface area contributed by atoms with Crippen molar-refractivity contribution in [1.29, 1.82) is 0 Å². The number of nitrogens with one attached hydrogen (secondary N) is 1. The summed E-state index contributed by atoms with van der Waals surface area (Å²) in [5.74, 6) is -0.104. The predicted octanol–water partition coefficient (Wildman–Crippen LogP) is 3.81. The minimum atomic E-state index is -0.104. The zero-order valence-corrected chi connectivity index (χ0v) is 17.1. The number of carbonyl (C=O) groups excluding carboxylic acids is 1. The van der Waals surface area contributed by atoms with Crippen LogP contribution in [0, 0.1) is 0 Å². The second-order valence-corrected chi connectivity index (χ2v) is 8.56. The molecule has 1 aromatic carbocycles. The molecule has 0 unspecified atom stereocenters. The molecule has 1 aliphatic heterocycles. The molecule has 1 amide bonds. The summed E-state index contributed by atoms with van der Waals surface area (Å²) in [5, 5.41) is 4.50. The van der Waals surface area contributed by atoms with Gasteiger partial charge in [-0.2, -0.15) is 5.10 Å². The lowest BCUT2D eigenvalue weighted by Gasteiger charge is -2.34. The highest BCUT2D eigenvalue weighted by Gasteiger charge is 2.25. The fourth-order valence-electron chi connectivity index (χ4n) is 4.04. The second kappa shape index (κ2) is 8.99. The Morgan fingerprint density at radius 3 is 2.68 bits per heavy atom. The van der Waals surface area contributed by atoms with Gasteiger partial charge in [0, 0.05) is 18.0 Å². The van der Waals surface area contributed by atoms with Gasteiger partial charge >= 0.3 is 0 Å². The zero-order chi connectivity index (χ0) is 19.3. The topological polar surface area (TPSA) is 53.9 Å². The van der Waals surface area contributed by atoms with Crippen molar-refractivity contribution >= 4 is 23.0 Å². The van der Waals surface area contributed by atoms with Crippen molar-refractivity contribution in [2.45, 2.75) is 38.6 Å². The predicted molar refractivity (Wildman–Crippen MR) is 113 cm³/mol. The van der Waals surface area contributed by atoms with Gasteiger partial charge in [0.15, 0.2) is 0 Å². The third-order valence-electron chi connectivity index (χ3n) is 5.48. The molecule has 6 heteroatoms. The number of hydrazone groups is 1. The Bertz CT molecular complexity index is 817. The Hall–Kier alpha value is -2.02. The van der Waals surface area contributed by atoms with E-state index < -0.39 is 0 Å². The maximum Gasteiger partial charge on any atom is 0.281 e. The van der Waals surface area contributed by atoms with Crippen molar-refractivity contribution in [2.24, 2.45) is 5.10 Å². The van der Waals surface area contributed by atoms with Gasteiger partial charge in [0.2, 0.25) is 0 Å². The minimum absolute atomic E-state index is 0.0435. The molecule has 4 rings (SSSR count). The molecule has 1 N–H and O–H groups in total. The van der Waals surface area contributed by atoms with E-state index in [2.05, 4.69) is 33.6 Å². The van der Waals surface area contributed by atoms with E-state index >= 15 is 0 Å². The Balaban J connectivity index is 1.51. The van der Waals surface area contributed by atoms with Crippen LogP contribution in [0.1, 0.15) is 51.5 Å². The van der Waals surface area contributed by atoms with Crippen molar-refractivity contribution in [3.63, 3.8) is 0 Å². The van der Waals surface area contributed by atoms with Gasteiger partial charge < -0.3 is 4.74 Å². The fourth-order valence-corrected chi connectivity index (χ4v) is 5.19. The smallest absolute Gasteiger partial charge is 0.281 e. The monoisotopic (exact) mass is 397 g/mol. The number of amides is 1. The van der Waals surface area contributed by atoms with E-state index in [9.17, 15) is 4.79 Å². The average Bonchev–Trinajstić information content (AvgIpc) is 3.18. The van der Waals surface area contributed by atoms with Gasteiger partial charge in [-0.15, -0.1) is 11.3 Å². The number of nitrogens with zero attached hydrogens (tertiary/aromatic N) is 2. The van der Waals surface area contributed by atoms with Crippen LogP contribution in [-0.4, -0.2) is 42.8 Å². The highest BCUT2D eigenvalue weighted by atomic mass is 32.1. The van der Waals surface area contributed by atoms with Gasteiger partial charge in [0.1, 0.15) is 0 Å². The molecule has 28 heavy (non-hydrogen) atoms. The van der Waals surface area contributed by atoms with E-state index in [0.29, 0.717) is 0 Å². The van der Waals surface area contributed by atoms with Gasteiger partial charge in [0.25, 0.3) is 5.91 Å². The van der Waals surface area contributed by atoms with E-state index in [1.807, 2.05) is 25.1 Å². The SMILES string of the molecule is C/C(=N/NC(=O)c1cc2c(s1)CCCC2)[C@H](c1ccccc1)N1CCOCC1. The Labute approximate surface area is 170 Å². The molecule has 0 bridgehead atoms. The van der Waals surface area contributed by atoms with Crippen LogP contribution in [0.5, 0.6) is 0 Å². The van der Waals surface area contributed by atoms with Crippen LogP contribution in [0.25, 0.3) is 0 Å². The molecule has 1 saturated heterocycles. The van der Waals surface area contributed by atoms with Crippen molar-refractivity contribution < 1.29 is 9.53 Å². The van der Waals surface area contributed by atoms with Crippen LogP contribution >= 0.6 is 11.3 Å². The van der Waals surface area contributed by atoms with Crippen molar-refractivity contribution in [3.8, 4) is 0 Å².